The molecule has 9 aromatic carbocycles. The molecule has 0 aliphatic carbocycles. The average molecular weight is 761 g/mol. The Morgan fingerprint density at radius 1 is 0.362 bits per heavy atom. The molecule has 0 spiro atoms. The molecule has 0 atom stereocenters. The molecule has 0 N–H and O–H groups in total. The minimum absolute atomic E-state index is 0.896. The van der Waals surface area contributed by atoms with Gasteiger partial charge in [-0.3, -0.25) is 0 Å². The molecule has 4 heteroatoms. The van der Waals surface area contributed by atoms with Crippen molar-refractivity contribution in [1.29, 1.82) is 0 Å². The molecule has 11 rings (SSSR count). The predicted molar refractivity (Wildman–Crippen MR) is 248 cm³/mol. The molecule has 1 aliphatic rings. The Morgan fingerprint density at radius 2 is 0.948 bits per heavy atom. The summed E-state index contributed by atoms with van der Waals surface area (Å²) in [5.41, 5.74) is 13.7. The fourth-order valence-corrected chi connectivity index (χ4v) is 12.4. The summed E-state index contributed by atoms with van der Waals surface area (Å²) in [6.07, 6.45) is 0. The Hall–Kier alpha value is -7.14. The molecule has 0 radical (unpaired) electrons. The van der Waals surface area contributed by atoms with E-state index in [1.54, 1.807) is 0 Å². The van der Waals surface area contributed by atoms with E-state index >= 15 is 0 Å². The van der Waals surface area contributed by atoms with Crippen molar-refractivity contribution in [3.8, 4) is 22.3 Å². The molecule has 0 fully saturated rings. The van der Waals surface area contributed by atoms with Gasteiger partial charge in [-0.2, -0.15) is 0 Å². The zero-order valence-corrected chi connectivity index (χ0v) is 33.4. The SMILES string of the molecule is C[Si]1(C)c2cc(N(c3ccccc3)c3ccccc3-c3ccccc3)ccc2-c2ccc(N(c3ccccc3)c3ccc4oc5ccccc5c4c3)c3cccc1c23. The molecular formula is C54H40N2OSi. The van der Waals surface area contributed by atoms with Crippen LogP contribution in [0.5, 0.6) is 0 Å². The highest BCUT2D eigenvalue weighted by Crippen LogP contribution is 2.46. The quantitative estimate of drug-likeness (QED) is 0.151. The maximum absolute atomic E-state index is 6.26. The van der Waals surface area contributed by atoms with E-state index in [9.17, 15) is 0 Å². The minimum Gasteiger partial charge on any atom is -0.456 e. The Kier molecular flexibility index (Phi) is 7.95. The molecule has 276 valence electrons. The van der Waals surface area contributed by atoms with Gasteiger partial charge in [0.05, 0.1) is 11.4 Å². The number of rotatable bonds is 7. The smallest absolute Gasteiger partial charge is 0.135 e. The fourth-order valence-electron chi connectivity index (χ4n) is 9.29. The molecule has 0 saturated carbocycles. The Morgan fingerprint density at radius 3 is 1.72 bits per heavy atom. The maximum atomic E-state index is 6.26. The first-order valence-electron chi connectivity index (χ1n) is 20.0. The first-order chi connectivity index (χ1) is 28.5. The lowest BCUT2D eigenvalue weighted by Gasteiger charge is -2.36. The van der Waals surface area contributed by atoms with Crippen LogP contribution in [0, 0.1) is 0 Å². The van der Waals surface area contributed by atoms with Crippen molar-refractivity contribution in [2.45, 2.75) is 13.1 Å². The van der Waals surface area contributed by atoms with E-state index in [4.69, 9.17) is 4.42 Å². The monoisotopic (exact) mass is 760 g/mol. The number of furan rings is 1. The lowest BCUT2D eigenvalue weighted by molar-refractivity contribution is 0.669. The summed E-state index contributed by atoms with van der Waals surface area (Å²) in [7, 11) is -2.25. The van der Waals surface area contributed by atoms with Crippen molar-refractivity contribution < 1.29 is 4.42 Å². The third-order valence-electron chi connectivity index (χ3n) is 12.0. The van der Waals surface area contributed by atoms with E-state index in [0.717, 1.165) is 50.4 Å². The van der Waals surface area contributed by atoms with E-state index in [2.05, 4.69) is 217 Å². The third kappa shape index (κ3) is 5.41. The highest BCUT2D eigenvalue weighted by Gasteiger charge is 2.37. The minimum atomic E-state index is -2.25. The predicted octanol–water partition coefficient (Wildman–Crippen LogP) is 14.1. The van der Waals surface area contributed by atoms with Gasteiger partial charge < -0.3 is 14.2 Å². The van der Waals surface area contributed by atoms with Crippen LogP contribution in [0.25, 0.3) is 55.0 Å². The van der Waals surface area contributed by atoms with Crippen molar-refractivity contribution in [2.75, 3.05) is 9.80 Å². The third-order valence-corrected chi connectivity index (χ3v) is 15.6. The molecule has 10 aromatic rings. The number of nitrogens with zero attached hydrogens (tertiary/aromatic N) is 2. The molecule has 2 heterocycles. The van der Waals surface area contributed by atoms with Gasteiger partial charge in [-0.05, 0) is 105 Å². The number of hydrogen-bond donors (Lipinski definition) is 0. The molecule has 0 amide bonds. The van der Waals surface area contributed by atoms with Crippen molar-refractivity contribution in [1.82, 2.24) is 0 Å². The van der Waals surface area contributed by atoms with Crippen LogP contribution in [-0.4, -0.2) is 8.07 Å². The second-order valence-corrected chi connectivity index (χ2v) is 20.0. The molecule has 0 saturated heterocycles. The number of fused-ring (bicyclic) bond motifs is 5. The second-order valence-electron chi connectivity index (χ2n) is 15.7. The number of anilines is 6. The van der Waals surface area contributed by atoms with Crippen molar-refractivity contribution in [2.24, 2.45) is 0 Å². The molecule has 3 nitrogen and oxygen atoms in total. The lowest BCUT2D eigenvalue weighted by atomic mass is 9.95. The van der Waals surface area contributed by atoms with Crippen LogP contribution in [0.4, 0.5) is 34.1 Å². The summed E-state index contributed by atoms with van der Waals surface area (Å²) in [5, 5.41) is 7.78. The summed E-state index contributed by atoms with van der Waals surface area (Å²) in [6, 6.07) is 74.8. The Bertz CT molecular complexity index is 3150. The van der Waals surface area contributed by atoms with Gasteiger partial charge in [-0.25, -0.2) is 0 Å². The normalized spacial score (nSPS) is 12.8. The molecule has 58 heavy (non-hydrogen) atoms. The number of hydrogen-bond acceptors (Lipinski definition) is 3. The van der Waals surface area contributed by atoms with Gasteiger partial charge in [0.2, 0.25) is 0 Å². The number of para-hydroxylation sites is 4. The van der Waals surface area contributed by atoms with Gasteiger partial charge in [0.15, 0.2) is 0 Å². The fraction of sp³-hybridized carbons (Fsp3) is 0.0370. The van der Waals surface area contributed by atoms with Crippen molar-refractivity contribution in [3.05, 3.63) is 206 Å². The summed E-state index contributed by atoms with van der Waals surface area (Å²) >= 11 is 0. The largest absolute Gasteiger partial charge is 0.456 e. The molecule has 0 bridgehead atoms. The molecule has 1 aromatic heterocycles. The van der Waals surface area contributed by atoms with Crippen LogP contribution < -0.4 is 20.2 Å². The molecule has 0 unspecified atom stereocenters. The van der Waals surface area contributed by atoms with Crippen molar-refractivity contribution >= 4 is 85.3 Å². The average Bonchev–Trinajstić information content (AvgIpc) is 3.65. The lowest BCUT2D eigenvalue weighted by Crippen LogP contribution is -2.56. The Balaban J connectivity index is 1.10. The van der Waals surface area contributed by atoms with Gasteiger partial charge in [-0.1, -0.05) is 147 Å². The van der Waals surface area contributed by atoms with Crippen LogP contribution in [0.15, 0.2) is 211 Å². The van der Waals surface area contributed by atoms with Gasteiger partial charge in [0, 0.05) is 44.5 Å². The van der Waals surface area contributed by atoms with Crippen LogP contribution in [0.3, 0.4) is 0 Å². The second kappa shape index (κ2) is 13.5. The standard InChI is InChI=1S/C54H40N2OSi/c1-58(2)52-28-16-25-46-49(55(38-19-8-4-9-20-38)40-30-34-51-47(35-40)43-24-13-15-27-50(43)57-51)33-32-45(54(46)52)44-31-29-41(36-53(44)58)56(39-21-10-5-11-22-39)48-26-14-12-23-42(48)37-17-6-3-7-18-37/h3-36H,1-2H3. The topological polar surface area (TPSA) is 19.6 Å². The highest BCUT2D eigenvalue weighted by molar-refractivity contribution is 7.03. The van der Waals surface area contributed by atoms with Gasteiger partial charge in [0.1, 0.15) is 19.2 Å². The summed E-state index contributed by atoms with van der Waals surface area (Å²) in [4.78, 5) is 4.85. The van der Waals surface area contributed by atoms with E-state index < -0.39 is 8.07 Å². The van der Waals surface area contributed by atoms with Crippen LogP contribution in [0.1, 0.15) is 0 Å². The van der Waals surface area contributed by atoms with Crippen LogP contribution >= 0.6 is 0 Å². The summed E-state index contributed by atoms with van der Waals surface area (Å²) in [6.45, 7) is 5.05. The van der Waals surface area contributed by atoms with E-state index in [-0.39, 0.29) is 0 Å². The van der Waals surface area contributed by atoms with E-state index in [1.165, 1.54) is 49.1 Å². The maximum Gasteiger partial charge on any atom is 0.135 e. The zero-order valence-electron chi connectivity index (χ0n) is 32.4. The Labute approximate surface area is 339 Å². The number of benzene rings is 9. The van der Waals surface area contributed by atoms with E-state index in [0.29, 0.717) is 0 Å². The summed E-state index contributed by atoms with van der Waals surface area (Å²) in [5.74, 6) is 0. The molecule has 1 aliphatic heterocycles. The van der Waals surface area contributed by atoms with Gasteiger partial charge in [-0.15, -0.1) is 0 Å². The highest BCUT2D eigenvalue weighted by atomic mass is 28.3. The van der Waals surface area contributed by atoms with Crippen LogP contribution in [0.2, 0.25) is 13.1 Å². The first kappa shape index (κ1) is 34.1. The van der Waals surface area contributed by atoms with Crippen molar-refractivity contribution in [3.63, 3.8) is 0 Å². The van der Waals surface area contributed by atoms with E-state index in [1.807, 2.05) is 12.1 Å². The van der Waals surface area contributed by atoms with Crippen LogP contribution in [-0.2, 0) is 0 Å². The zero-order chi connectivity index (χ0) is 38.8. The summed E-state index contributed by atoms with van der Waals surface area (Å²) < 4.78 is 6.26. The van der Waals surface area contributed by atoms with Gasteiger partial charge in [0.25, 0.3) is 0 Å². The van der Waals surface area contributed by atoms with Gasteiger partial charge >= 0.3 is 0 Å². The molecular weight excluding hydrogens is 721 g/mol. The first-order valence-corrected chi connectivity index (χ1v) is 23.0.